The molecule has 0 heterocycles. The van der Waals surface area contributed by atoms with E-state index in [-0.39, 0.29) is 0 Å². The molecule has 2 aromatic rings. The molecule has 29 heavy (non-hydrogen) atoms. The second-order valence-corrected chi connectivity index (χ2v) is 11.0. The third-order valence-electron chi connectivity index (χ3n) is 5.45. The molecule has 0 saturated heterocycles. The Kier molecular flexibility index (Phi) is 8.93. The van der Waals surface area contributed by atoms with Crippen molar-refractivity contribution in [2.75, 3.05) is 0 Å². The number of rotatable bonds is 9. The first kappa shape index (κ1) is 24.1. The summed E-state index contributed by atoms with van der Waals surface area (Å²) in [7, 11) is 0.642. The predicted molar refractivity (Wildman–Crippen MR) is 134 cm³/mol. The van der Waals surface area contributed by atoms with Crippen LogP contribution < -0.4 is 0 Å². The molecule has 0 aliphatic rings. The lowest BCUT2D eigenvalue weighted by molar-refractivity contribution is 0.260. The van der Waals surface area contributed by atoms with Crippen LogP contribution >= 0.6 is 15.9 Å². The quantitative estimate of drug-likeness (QED) is 0.275. The Hall–Kier alpha value is -1.16. The Bertz CT molecular complexity index is 779. The zero-order valence-electron chi connectivity index (χ0n) is 19.0. The number of hydrogen-bond donors (Lipinski definition) is 0. The van der Waals surface area contributed by atoms with Gasteiger partial charge in [0, 0.05) is 5.57 Å². The maximum atomic E-state index is 6.25. The number of halogens is 1. The van der Waals surface area contributed by atoms with Gasteiger partial charge in [-0.15, -0.1) is 0 Å². The minimum atomic E-state index is -0.594. The average molecular weight is 474 g/mol. The van der Waals surface area contributed by atoms with E-state index in [4.69, 9.17) is 4.43 Å². The van der Waals surface area contributed by atoms with Crippen molar-refractivity contribution in [2.45, 2.75) is 64.8 Å². The van der Waals surface area contributed by atoms with Gasteiger partial charge in [-0.25, -0.2) is 0 Å². The molecule has 0 fully saturated rings. The molecule has 0 radical (unpaired) electrons. The highest BCUT2D eigenvalue weighted by atomic mass is 79.9. The topological polar surface area (TPSA) is 9.23 Å². The van der Waals surface area contributed by atoms with Gasteiger partial charge < -0.3 is 4.43 Å². The van der Waals surface area contributed by atoms with E-state index in [1.54, 1.807) is 0 Å². The smallest absolute Gasteiger partial charge is 0.163 e. The van der Waals surface area contributed by atoms with E-state index in [1.165, 1.54) is 36.0 Å². The molecule has 0 aromatic heterocycles. The van der Waals surface area contributed by atoms with E-state index in [1.807, 2.05) is 0 Å². The SMILES string of the molecule is CC(CCCC(C)CC(C)(C)C)=C(c1ccccc1)C(Br)(O[SiH3])c1ccccc1. The third kappa shape index (κ3) is 6.94. The van der Waals surface area contributed by atoms with Crippen LogP contribution in [0.25, 0.3) is 5.57 Å². The highest BCUT2D eigenvalue weighted by molar-refractivity contribution is 9.09. The number of hydrogen-bond acceptors (Lipinski definition) is 1. The average Bonchev–Trinajstić information content (AvgIpc) is 2.68. The van der Waals surface area contributed by atoms with Gasteiger partial charge >= 0.3 is 0 Å². The summed E-state index contributed by atoms with van der Waals surface area (Å²) in [6, 6.07) is 21.2. The van der Waals surface area contributed by atoms with Crippen molar-refractivity contribution in [3.63, 3.8) is 0 Å². The van der Waals surface area contributed by atoms with Gasteiger partial charge in [0.25, 0.3) is 0 Å². The Morgan fingerprint density at radius 3 is 2.07 bits per heavy atom. The van der Waals surface area contributed by atoms with Crippen molar-refractivity contribution in [3.05, 3.63) is 77.4 Å². The minimum absolute atomic E-state index is 0.401. The fourth-order valence-corrected chi connectivity index (χ4v) is 5.59. The first-order chi connectivity index (χ1) is 13.7. The maximum absolute atomic E-state index is 6.25. The first-order valence-electron chi connectivity index (χ1n) is 10.7. The van der Waals surface area contributed by atoms with Crippen LogP contribution in [-0.4, -0.2) is 10.5 Å². The Morgan fingerprint density at radius 2 is 1.55 bits per heavy atom. The lowest BCUT2D eigenvalue weighted by Crippen LogP contribution is -2.24. The van der Waals surface area contributed by atoms with Crippen LogP contribution in [0.3, 0.4) is 0 Å². The summed E-state index contributed by atoms with van der Waals surface area (Å²) in [5, 5.41) is 0. The molecule has 0 bridgehead atoms. The van der Waals surface area contributed by atoms with Crippen LogP contribution in [-0.2, 0) is 8.94 Å². The summed E-state index contributed by atoms with van der Waals surface area (Å²) >= 11 is 4.01. The summed E-state index contributed by atoms with van der Waals surface area (Å²) < 4.78 is 5.66. The third-order valence-corrected chi connectivity index (χ3v) is 7.83. The molecule has 2 rings (SSSR count). The van der Waals surface area contributed by atoms with Gasteiger partial charge in [0.15, 0.2) is 4.51 Å². The van der Waals surface area contributed by atoms with Crippen molar-refractivity contribution in [3.8, 4) is 0 Å². The molecule has 3 heteroatoms. The van der Waals surface area contributed by atoms with Crippen LogP contribution in [0.1, 0.15) is 71.4 Å². The zero-order chi connectivity index (χ0) is 21.5. The molecule has 158 valence electrons. The van der Waals surface area contributed by atoms with E-state index in [9.17, 15) is 0 Å². The molecule has 0 spiro atoms. The maximum Gasteiger partial charge on any atom is 0.163 e. The summed E-state index contributed by atoms with van der Waals surface area (Å²) in [4.78, 5) is 0. The number of allylic oxidation sites excluding steroid dienone is 1. The minimum Gasteiger partial charge on any atom is -0.406 e. The van der Waals surface area contributed by atoms with Crippen LogP contribution in [0, 0.1) is 11.3 Å². The van der Waals surface area contributed by atoms with Crippen LogP contribution in [0.4, 0.5) is 0 Å². The van der Waals surface area contributed by atoms with Crippen molar-refractivity contribution in [1.82, 2.24) is 0 Å². The van der Waals surface area contributed by atoms with E-state index in [0.717, 1.165) is 17.9 Å². The number of benzene rings is 2. The molecule has 0 aliphatic heterocycles. The van der Waals surface area contributed by atoms with Gasteiger partial charge in [0.2, 0.25) is 0 Å². The molecule has 0 amide bonds. The van der Waals surface area contributed by atoms with Gasteiger partial charge in [-0.05, 0) is 64.6 Å². The van der Waals surface area contributed by atoms with Crippen molar-refractivity contribution in [1.29, 1.82) is 0 Å². The Morgan fingerprint density at radius 1 is 1.00 bits per heavy atom. The molecular weight excluding hydrogens is 436 g/mol. The zero-order valence-corrected chi connectivity index (χ0v) is 22.6. The summed E-state index contributed by atoms with van der Waals surface area (Å²) in [6.07, 6.45) is 4.83. The van der Waals surface area contributed by atoms with Crippen molar-refractivity contribution < 1.29 is 4.43 Å². The Balaban J connectivity index is 2.33. The van der Waals surface area contributed by atoms with Gasteiger partial charge in [0.1, 0.15) is 10.5 Å². The molecule has 0 N–H and O–H groups in total. The second-order valence-electron chi connectivity index (χ2n) is 9.45. The molecule has 2 unspecified atom stereocenters. The molecular formula is C26H37BrOSi. The summed E-state index contributed by atoms with van der Waals surface area (Å²) in [5.41, 5.74) is 5.43. The van der Waals surface area contributed by atoms with Crippen LogP contribution in [0.2, 0.25) is 0 Å². The molecule has 2 atom stereocenters. The Labute approximate surface area is 189 Å². The highest BCUT2D eigenvalue weighted by Gasteiger charge is 2.35. The predicted octanol–water partition coefficient (Wildman–Crippen LogP) is 7.25. The van der Waals surface area contributed by atoms with Crippen molar-refractivity contribution in [2.24, 2.45) is 11.3 Å². The fraction of sp³-hybridized carbons (Fsp3) is 0.462. The lowest BCUT2D eigenvalue weighted by Gasteiger charge is -2.33. The van der Waals surface area contributed by atoms with E-state index < -0.39 is 4.51 Å². The highest BCUT2D eigenvalue weighted by Crippen LogP contribution is 2.46. The van der Waals surface area contributed by atoms with E-state index >= 15 is 0 Å². The molecule has 1 nitrogen and oxygen atoms in total. The molecule has 0 aliphatic carbocycles. The van der Waals surface area contributed by atoms with Gasteiger partial charge in [0.05, 0.1) is 0 Å². The second kappa shape index (κ2) is 10.7. The van der Waals surface area contributed by atoms with Crippen LogP contribution in [0.5, 0.6) is 0 Å². The standard InChI is InChI=1S/C26H37BrOSi/c1-20(19-25(3,4)5)13-12-14-21(2)24(22-15-8-6-9-16-22)26(27,28-29)23-17-10-7-11-18-23/h6-11,15-18,20H,12-14,19H2,1-5,29H3. The normalized spacial score (nSPS) is 16.2. The molecule has 2 aromatic carbocycles. The lowest BCUT2D eigenvalue weighted by atomic mass is 9.83. The van der Waals surface area contributed by atoms with Gasteiger partial charge in [-0.3, -0.25) is 0 Å². The van der Waals surface area contributed by atoms with E-state index in [2.05, 4.69) is 111 Å². The summed E-state index contributed by atoms with van der Waals surface area (Å²) in [5.74, 6) is 0.751. The monoisotopic (exact) mass is 472 g/mol. The summed E-state index contributed by atoms with van der Waals surface area (Å²) in [6.45, 7) is 11.7. The first-order valence-corrected chi connectivity index (χ1v) is 12.3. The van der Waals surface area contributed by atoms with Gasteiger partial charge in [-0.2, -0.15) is 0 Å². The van der Waals surface area contributed by atoms with Gasteiger partial charge in [-0.1, -0.05) is 100 Å². The fourth-order valence-electron chi connectivity index (χ4n) is 4.32. The van der Waals surface area contributed by atoms with Crippen LogP contribution in [0.15, 0.2) is 66.2 Å². The number of alkyl halides is 1. The van der Waals surface area contributed by atoms with Crippen molar-refractivity contribution >= 4 is 32.0 Å². The largest absolute Gasteiger partial charge is 0.406 e. The molecule has 0 saturated carbocycles. The van der Waals surface area contributed by atoms with E-state index in [0.29, 0.717) is 15.9 Å².